The van der Waals surface area contributed by atoms with Gasteiger partial charge in [0.2, 0.25) is 5.91 Å². The molecule has 5 nitrogen and oxygen atoms in total. The average molecular weight is 339 g/mol. The minimum atomic E-state index is -0.0164. The molecule has 1 aliphatic rings. The summed E-state index contributed by atoms with van der Waals surface area (Å²) in [4.78, 5) is 16.5. The van der Waals surface area contributed by atoms with Crippen LogP contribution >= 0.6 is 0 Å². The standard InChI is InChI=1S/C20H25N3O2/c1-3-23-14-17(25-19-12-8-7-11-18(19)23)13-22(2)15-20(24)21-16-9-5-4-6-10-16/h4-12,17H,3,13-15H2,1-2H3,(H,21,24). The van der Waals surface area contributed by atoms with Gasteiger partial charge in [0.15, 0.2) is 0 Å². The number of ether oxygens (including phenoxy) is 1. The minimum Gasteiger partial charge on any atom is -0.485 e. The van der Waals surface area contributed by atoms with Gasteiger partial charge < -0.3 is 15.0 Å². The Balaban J connectivity index is 1.54. The van der Waals surface area contributed by atoms with Crippen LogP contribution in [-0.2, 0) is 4.79 Å². The monoisotopic (exact) mass is 339 g/mol. The molecular formula is C20H25N3O2. The predicted octanol–water partition coefficient (Wildman–Crippen LogP) is 2.84. The number of benzene rings is 2. The number of fused-ring (bicyclic) bond motifs is 1. The van der Waals surface area contributed by atoms with Crippen LogP contribution in [0.25, 0.3) is 0 Å². The first-order chi connectivity index (χ1) is 12.2. The number of hydrogen-bond donors (Lipinski definition) is 1. The van der Waals surface area contributed by atoms with Crippen molar-refractivity contribution < 1.29 is 9.53 Å². The fourth-order valence-corrected chi connectivity index (χ4v) is 3.15. The van der Waals surface area contributed by atoms with E-state index in [2.05, 4.69) is 23.2 Å². The number of nitrogens with one attached hydrogen (secondary N) is 1. The van der Waals surface area contributed by atoms with Crippen molar-refractivity contribution in [2.75, 3.05) is 43.4 Å². The first kappa shape index (κ1) is 17.3. The second-order valence-corrected chi connectivity index (χ2v) is 6.36. The van der Waals surface area contributed by atoms with Crippen LogP contribution in [0.5, 0.6) is 5.75 Å². The highest BCUT2D eigenvalue weighted by Gasteiger charge is 2.25. The van der Waals surface area contributed by atoms with E-state index in [0.717, 1.165) is 30.2 Å². The van der Waals surface area contributed by atoms with Crippen LogP contribution in [0.1, 0.15) is 6.92 Å². The Morgan fingerprint density at radius 3 is 2.68 bits per heavy atom. The summed E-state index contributed by atoms with van der Waals surface area (Å²) in [7, 11) is 1.95. The summed E-state index contributed by atoms with van der Waals surface area (Å²) in [5.74, 6) is 0.903. The van der Waals surface area contributed by atoms with E-state index in [9.17, 15) is 4.79 Å². The van der Waals surface area contributed by atoms with E-state index in [1.54, 1.807) is 0 Å². The Kier molecular flexibility index (Phi) is 5.56. The Morgan fingerprint density at radius 1 is 1.20 bits per heavy atom. The maximum atomic E-state index is 12.2. The quantitative estimate of drug-likeness (QED) is 0.879. The maximum Gasteiger partial charge on any atom is 0.238 e. The lowest BCUT2D eigenvalue weighted by Crippen LogP contribution is -2.46. The van der Waals surface area contributed by atoms with Crippen molar-refractivity contribution in [3.05, 3.63) is 54.6 Å². The SMILES string of the molecule is CCN1CC(CN(C)CC(=O)Nc2ccccc2)Oc2ccccc21. The molecule has 1 aliphatic heterocycles. The zero-order chi connectivity index (χ0) is 17.6. The molecule has 0 fully saturated rings. The number of para-hydroxylation sites is 3. The molecule has 132 valence electrons. The van der Waals surface area contributed by atoms with Crippen molar-refractivity contribution in [1.82, 2.24) is 4.90 Å². The van der Waals surface area contributed by atoms with Gasteiger partial charge in [-0.15, -0.1) is 0 Å². The topological polar surface area (TPSA) is 44.8 Å². The first-order valence-corrected chi connectivity index (χ1v) is 8.69. The Labute approximate surface area is 149 Å². The number of carbonyl (C=O) groups excluding carboxylic acids is 1. The van der Waals surface area contributed by atoms with Gasteiger partial charge in [-0.1, -0.05) is 30.3 Å². The van der Waals surface area contributed by atoms with Gasteiger partial charge in [-0.05, 0) is 38.2 Å². The summed E-state index contributed by atoms with van der Waals surface area (Å²) in [5.41, 5.74) is 1.96. The van der Waals surface area contributed by atoms with Crippen molar-refractivity contribution in [2.45, 2.75) is 13.0 Å². The van der Waals surface area contributed by atoms with E-state index in [0.29, 0.717) is 13.1 Å². The van der Waals surface area contributed by atoms with Crippen molar-refractivity contribution in [2.24, 2.45) is 0 Å². The molecule has 2 aromatic carbocycles. The number of amides is 1. The molecule has 1 unspecified atom stereocenters. The summed E-state index contributed by atoms with van der Waals surface area (Å²) in [6, 6.07) is 17.6. The highest BCUT2D eigenvalue weighted by molar-refractivity contribution is 5.92. The Bertz CT molecular complexity index is 705. The third kappa shape index (κ3) is 4.51. The summed E-state index contributed by atoms with van der Waals surface area (Å²) in [6.45, 7) is 4.96. The van der Waals surface area contributed by atoms with Crippen LogP contribution < -0.4 is 15.0 Å². The number of likely N-dealkylation sites (N-methyl/N-ethyl adjacent to an activating group) is 2. The fraction of sp³-hybridized carbons (Fsp3) is 0.350. The zero-order valence-electron chi connectivity index (χ0n) is 14.8. The lowest BCUT2D eigenvalue weighted by atomic mass is 10.2. The third-order valence-electron chi connectivity index (χ3n) is 4.29. The number of nitrogens with zero attached hydrogens (tertiary/aromatic N) is 2. The van der Waals surface area contributed by atoms with Gasteiger partial charge in [-0.3, -0.25) is 9.69 Å². The third-order valence-corrected chi connectivity index (χ3v) is 4.29. The van der Waals surface area contributed by atoms with Crippen LogP contribution in [0.15, 0.2) is 54.6 Å². The van der Waals surface area contributed by atoms with Crippen LogP contribution in [-0.4, -0.2) is 50.1 Å². The summed E-state index contributed by atoms with van der Waals surface area (Å²) in [6.07, 6.45) is 0.0457. The molecule has 1 amide bonds. The van der Waals surface area contributed by atoms with Crippen LogP contribution in [0.4, 0.5) is 11.4 Å². The molecule has 0 saturated heterocycles. The van der Waals surface area contributed by atoms with Crippen molar-refractivity contribution in [3.63, 3.8) is 0 Å². The second kappa shape index (κ2) is 8.03. The minimum absolute atomic E-state index is 0.0164. The van der Waals surface area contributed by atoms with E-state index in [1.807, 2.05) is 60.5 Å². The van der Waals surface area contributed by atoms with E-state index < -0.39 is 0 Å². The molecule has 3 rings (SSSR count). The molecule has 0 radical (unpaired) electrons. The number of carbonyl (C=O) groups is 1. The maximum absolute atomic E-state index is 12.2. The lowest BCUT2D eigenvalue weighted by molar-refractivity contribution is -0.117. The van der Waals surface area contributed by atoms with Gasteiger partial charge >= 0.3 is 0 Å². The molecular weight excluding hydrogens is 314 g/mol. The van der Waals surface area contributed by atoms with E-state index in [-0.39, 0.29) is 12.0 Å². The molecule has 0 saturated carbocycles. The highest BCUT2D eigenvalue weighted by atomic mass is 16.5. The van der Waals surface area contributed by atoms with E-state index >= 15 is 0 Å². The highest BCUT2D eigenvalue weighted by Crippen LogP contribution is 2.32. The number of anilines is 2. The van der Waals surface area contributed by atoms with E-state index in [4.69, 9.17) is 4.74 Å². The second-order valence-electron chi connectivity index (χ2n) is 6.36. The van der Waals surface area contributed by atoms with Crippen LogP contribution in [0.3, 0.4) is 0 Å². The van der Waals surface area contributed by atoms with Crippen molar-refractivity contribution >= 4 is 17.3 Å². The molecule has 2 aromatic rings. The van der Waals surface area contributed by atoms with Gasteiger partial charge in [0.25, 0.3) is 0 Å². The van der Waals surface area contributed by atoms with Gasteiger partial charge in [-0.25, -0.2) is 0 Å². The number of hydrogen-bond acceptors (Lipinski definition) is 4. The van der Waals surface area contributed by atoms with Crippen molar-refractivity contribution in [3.8, 4) is 5.75 Å². The zero-order valence-corrected chi connectivity index (χ0v) is 14.8. The molecule has 1 atom stereocenters. The summed E-state index contributed by atoms with van der Waals surface area (Å²) < 4.78 is 6.12. The molecule has 1 N–H and O–H groups in total. The molecule has 25 heavy (non-hydrogen) atoms. The van der Waals surface area contributed by atoms with E-state index in [1.165, 1.54) is 0 Å². The number of rotatable bonds is 6. The molecule has 5 heteroatoms. The largest absolute Gasteiger partial charge is 0.485 e. The van der Waals surface area contributed by atoms with Crippen LogP contribution in [0, 0.1) is 0 Å². The van der Waals surface area contributed by atoms with Gasteiger partial charge in [-0.2, -0.15) is 0 Å². The summed E-state index contributed by atoms with van der Waals surface area (Å²) in [5, 5.41) is 2.91. The molecule has 0 aliphatic carbocycles. The van der Waals surface area contributed by atoms with Gasteiger partial charge in [0.05, 0.1) is 18.8 Å². The molecule has 0 bridgehead atoms. The smallest absolute Gasteiger partial charge is 0.238 e. The molecule has 0 aromatic heterocycles. The normalized spacial score (nSPS) is 16.3. The Morgan fingerprint density at radius 2 is 1.92 bits per heavy atom. The van der Waals surface area contributed by atoms with Crippen LogP contribution in [0.2, 0.25) is 0 Å². The lowest BCUT2D eigenvalue weighted by Gasteiger charge is -2.37. The first-order valence-electron chi connectivity index (χ1n) is 8.69. The van der Waals surface area contributed by atoms with Crippen molar-refractivity contribution in [1.29, 1.82) is 0 Å². The van der Waals surface area contributed by atoms with Gasteiger partial charge in [0, 0.05) is 18.8 Å². The Hall–Kier alpha value is -2.53. The summed E-state index contributed by atoms with van der Waals surface area (Å²) >= 11 is 0. The fourth-order valence-electron chi connectivity index (χ4n) is 3.15. The average Bonchev–Trinajstić information content (AvgIpc) is 2.61. The molecule has 0 spiro atoms. The molecule has 1 heterocycles. The van der Waals surface area contributed by atoms with Gasteiger partial charge in [0.1, 0.15) is 11.9 Å². The predicted molar refractivity (Wildman–Crippen MR) is 101 cm³/mol.